The molecule has 0 aromatic carbocycles. The van der Waals surface area contributed by atoms with Crippen LogP contribution in [0.25, 0.3) is 0 Å². The van der Waals surface area contributed by atoms with E-state index in [2.05, 4.69) is 10.2 Å². The maximum Gasteiger partial charge on any atom is 0.344 e. The van der Waals surface area contributed by atoms with Crippen LogP contribution in [0.15, 0.2) is 9.95 Å². The van der Waals surface area contributed by atoms with Crippen molar-refractivity contribution in [3.63, 3.8) is 0 Å². The van der Waals surface area contributed by atoms with Crippen LogP contribution in [0.1, 0.15) is 32.7 Å². The number of aromatic nitrogens is 3. The summed E-state index contributed by atoms with van der Waals surface area (Å²) in [5.41, 5.74) is -0.242. The van der Waals surface area contributed by atoms with Crippen molar-refractivity contribution in [1.82, 2.24) is 14.8 Å². The van der Waals surface area contributed by atoms with E-state index in [-0.39, 0.29) is 22.9 Å². The zero-order valence-electron chi connectivity index (χ0n) is 9.71. The van der Waals surface area contributed by atoms with E-state index in [1.807, 2.05) is 13.8 Å². The number of thioether (sulfide) groups is 1. The van der Waals surface area contributed by atoms with Crippen molar-refractivity contribution < 1.29 is 9.90 Å². The Labute approximate surface area is 102 Å². The van der Waals surface area contributed by atoms with Crippen LogP contribution in [0.2, 0.25) is 0 Å². The van der Waals surface area contributed by atoms with Gasteiger partial charge in [0.1, 0.15) is 0 Å². The molecule has 94 valence electrons. The van der Waals surface area contributed by atoms with Crippen molar-refractivity contribution >= 4 is 17.7 Å². The molecule has 1 aliphatic rings. The van der Waals surface area contributed by atoms with Gasteiger partial charge >= 0.3 is 11.7 Å². The minimum Gasteiger partial charge on any atom is -0.481 e. The Morgan fingerprint density at radius 3 is 2.76 bits per heavy atom. The lowest BCUT2D eigenvalue weighted by atomic mass is 9.85. The van der Waals surface area contributed by atoms with Gasteiger partial charge in [-0.25, -0.2) is 9.89 Å². The zero-order valence-corrected chi connectivity index (χ0v) is 10.5. The van der Waals surface area contributed by atoms with Gasteiger partial charge in [-0.1, -0.05) is 11.8 Å². The number of hydrogen-bond donors (Lipinski definition) is 2. The van der Waals surface area contributed by atoms with Crippen LogP contribution in [0.4, 0.5) is 0 Å². The minimum atomic E-state index is -0.761. The first-order chi connectivity index (χ1) is 8.00. The second kappa shape index (κ2) is 4.56. The summed E-state index contributed by atoms with van der Waals surface area (Å²) in [5.74, 6) is -1.07. The Morgan fingerprint density at radius 2 is 2.29 bits per heavy atom. The van der Waals surface area contributed by atoms with Crippen molar-refractivity contribution in [3.05, 3.63) is 10.5 Å². The summed E-state index contributed by atoms with van der Waals surface area (Å²) in [5, 5.41) is 15.9. The number of hydrogen-bond acceptors (Lipinski definition) is 4. The summed E-state index contributed by atoms with van der Waals surface area (Å²) >= 11 is 1.38. The van der Waals surface area contributed by atoms with Crippen molar-refractivity contribution in [2.75, 3.05) is 0 Å². The van der Waals surface area contributed by atoms with E-state index >= 15 is 0 Å². The molecule has 1 heterocycles. The number of nitrogens with zero attached hydrogens (tertiary/aromatic N) is 2. The van der Waals surface area contributed by atoms with Crippen LogP contribution in [0.3, 0.4) is 0 Å². The second-order valence-electron chi connectivity index (χ2n) is 4.45. The molecule has 0 amide bonds. The fourth-order valence-electron chi connectivity index (χ4n) is 1.86. The molecule has 2 atom stereocenters. The Kier molecular flexibility index (Phi) is 3.28. The van der Waals surface area contributed by atoms with Crippen LogP contribution >= 0.6 is 11.8 Å². The Hall–Kier alpha value is -1.24. The third kappa shape index (κ3) is 2.24. The molecule has 6 nitrogen and oxygen atoms in total. The van der Waals surface area contributed by atoms with E-state index in [4.69, 9.17) is 5.11 Å². The fourth-order valence-corrected chi connectivity index (χ4v) is 3.30. The highest BCUT2D eigenvalue weighted by molar-refractivity contribution is 7.99. The SMILES string of the molecule is CC(C)n1c(SC2CCC2C(=O)O)n[nH]c1=O. The first-order valence-corrected chi connectivity index (χ1v) is 6.45. The number of carboxylic acids is 1. The predicted octanol–water partition coefficient (Wildman–Crippen LogP) is 1.11. The van der Waals surface area contributed by atoms with Crippen LogP contribution in [0.5, 0.6) is 0 Å². The van der Waals surface area contributed by atoms with Gasteiger partial charge in [0.2, 0.25) is 0 Å². The van der Waals surface area contributed by atoms with Gasteiger partial charge in [-0.05, 0) is 26.7 Å². The van der Waals surface area contributed by atoms with Crippen molar-refractivity contribution in [1.29, 1.82) is 0 Å². The first-order valence-electron chi connectivity index (χ1n) is 5.57. The van der Waals surface area contributed by atoms with Crippen LogP contribution in [-0.4, -0.2) is 31.1 Å². The molecule has 7 heteroatoms. The summed E-state index contributed by atoms with van der Waals surface area (Å²) in [4.78, 5) is 22.4. The fraction of sp³-hybridized carbons (Fsp3) is 0.700. The zero-order chi connectivity index (χ0) is 12.6. The largest absolute Gasteiger partial charge is 0.481 e. The highest BCUT2D eigenvalue weighted by atomic mass is 32.2. The molecule has 1 aliphatic carbocycles. The number of nitrogens with one attached hydrogen (secondary N) is 1. The molecule has 17 heavy (non-hydrogen) atoms. The Morgan fingerprint density at radius 1 is 1.59 bits per heavy atom. The number of H-pyrrole nitrogens is 1. The standard InChI is InChI=1S/C10H15N3O3S/c1-5(2)13-9(16)11-12-10(13)17-7-4-3-6(7)8(14)15/h5-7H,3-4H2,1-2H3,(H,11,16)(H,14,15). The molecule has 0 saturated heterocycles. The topological polar surface area (TPSA) is 88.0 Å². The van der Waals surface area contributed by atoms with Gasteiger partial charge in [0.15, 0.2) is 5.16 Å². The normalized spacial score (nSPS) is 23.7. The number of aliphatic carboxylic acids is 1. The summed E-state index contributed by atoms with van der Waals surface area (Å²) in [6.07, 6.45) is 1.57. The minimum absolute atomic E-state index is 0.0205. The third-order valence-electron chi connectivity index (χ3n) is 2.97. The van der Waals surface area contributed by atoms with Gasteiger partial charge in [-0.2, -0.15) is 0 Å². The molecular weight excluding hydrogens is 242 g/mol. The quantitative estimate of drug-likeness (QED) is 0.843. The van der Waals surface area contributed by atoms with Crippen molar-refractivity contribution in [2.24, 2.45) is 5.92 Å². The molecule has 1 fully saturated rings. The Balaban J connectivity index is 2.14. The van der Waals surface area contributed by atoms with Gasteiger partial charge in [-0.15, -0.1) is 5.10 Å². The number of carbonyl (C=O) groups is 1. The lowest BCUT2D eigenvalue weighted by molar-refractivity contribution is -0.144. The maximum absolute atomic E-state index is 11.5. The third-order valence-corrected chi connectivity index (χ3v) is 4.34. The molecule has 1 aromatic rings. The van der Waals surface area contributed by atoms with Crippen molar-refractivity contribution in [2.45, 2.75) is 43.1 Å². The molecule has 1 aromatic heterocycles. The van der Waals surface area contributed by atoms with Gasteiger partial charge < -0.3 is 5.11 Å². The van der Waals surface area contributed by atoms with E-state index < -0.39 is 5.97 Å². The molecule has 1 saturated carbocycles. The number of rotatable bonds is 4. The van der Waals surface area contributed by atoms with E-state index in [0.717, 1.165) is 6.42 Å². The first kappa shape index (κ1) is 12.2. The van der Waals surface area contributed by atoms with Crippen LogP contribution in [-0.2, 0) is 4.79 Å². The van der Waals surface area contributed by atoms with Crippen molar-refractivity contribution in [3.8, 4) is 0 Å². The van der Waals surface area contributed by atoms with E-state index in [0.29, 0.717) is 11.6 Å². The summed E-state index contributed by atoms with van der Waals surface area (Å²) < 4.78 is 1.56. The highest BCUT2D eigenvalue weighted by Crippen LogP contribution is 2.40. The lowest BCUT2D eigenvalue weighted by Gasteiger charge is -2.32. The Bertz CT molecular complexity index is 479. The summed E-state index contributed by atoms with van der Waals surface area (Å²) in [7, 11) is 0. The average Bonchev–Trinajstić information content (AvgIpc) is 2.53. The van der Waals surface area contributed by atoms with E-state index in [1.54, 1.807) is 4.57 Å². The summed E-state index contributed by atoms with van der Waals surface area (Å²) in [6.45, 7) is 3.80. The smallest absolute Gasteiger partial charge is 0.344 e. The van der Waals surface area contributed by atoms with Gasteiger partial charge in [-0.3, -0.25) is 9.36 Å². The van der Waals surface area contributed by atoms with Gasteiger partial charge in [0, 0.05) is 11.3 Å². The molecule has 2 N–H and O–H groups in total. The monoisotopic (exact) mass is 257 g/mol. The molecule has 0 aliphatic heterocycles. The molecule has 2 unspecified atom stereocenters. The van der Waals surface area contributed by atoms with E-state index in [9.17, 15) is 9.59 Å². The molecule has 0 spiro atoms. The van der Waals surface area contributed by atoms with Gasteiger partial charge in [0.25, 0.3) is 0 Å². The maximum atomic E-state index is 11.5. The predicted molar refractivity (Wildman–Crippen MR) is 63.2 cm³/mol. The van der Waals surface area contributed by atoms with E-state index in [1.165, 1.54) is 11.8 Å². The number of carboxylic acid groups (broad SMARTS) is 1. The lowest BCUT2D eigenvalue weighted by Crippen LogP contribution is -2.35. The highest BCUT2D eigenvalue weighted by Gasteiger charge is 2.38. The molecule has 0 radical (unpaired) electrons. The molecule has 0 bridgehead atoms. The van der Waals surface area contributed by atoms with Crippen LogP contribution < -0.4 is 5.69 Å². The summed E-state index contributed by atoms with van der Waals surface area (Å²) in [6, 6.07) is 0.0205. The van der Waals surface area contributed by atoms with Gasteiger partial charge in [0.05, 0.1) is 5.92 Å². The number of aromatic amines is 1. The molecule has 2 rings (SSSR count). The second-order valence-corrected chi connectivity index (χ2v) is 5.66. The average molecular weight is 257 g/mol. The molecular formula is C10H15N3O3S. The van der Waals surface area contributed by atoms with Crippen LogP contribution in [0, 0.1) is 5.92 Å².